The molecule has 8 nitrogen and oxygen atoms in total. The number of hydrogen-bond acceptors (Lipinski definition) is 6. The third-order valence-corrected chi connectivity index (χ3v) is 4.18. The molecule has 0 radical (unpaired) electrons. The largest absolute Gasteiger partial charge is 0.377 e. The quantitative estimate of drug-likeness (QED) is 0.653. The van der Waals surface area contributed by atoms with Crippen molar-refractivity contribution in [3.05, 3.63) is 28.3 Å². The van der Waals surface area contributed by atoms with E-state index in [4.69, 9.17) is 9.88 Å². The summed E-state index contributed by atoms with van der Waals surface area (Å²) in [5.74, 6) is 0. The first kappa shape index (κ1) is 15.7. The number of primary sulfonamides is 1. The van der Waals surface area contributed by atoms with Crippen LogP contribution >= 0.6 is 0 Å². The summed E-state index contributed by atoms with van der Waals surface area (Å²) in [7, 11) is -3.97. The molecular weight excluding hydrogens is 298 g/mol. The molecule has 2 rings (SSSR count). The van der Waals surface area contributed by atoms with E-state index in [1.165, 1.54) is 12.1 Å². The molecule has 2 N–H and O–H groups in total. The molecule has 1 aromatic carbocycles. The van der Waals surface area contributed by atoms with Crippen molar-refractivity contribution in [1.82, 2.24) is 0 Å². The summed E-state index contributed by atoms with van der Waals surface area (Å²) < 4.78 is 28.2. The van der Waals surface area contributed by atoms with Crippen LogP contribution in [0.3, 0.4) is 0 Å². The molecule has 9 heteroatoms. The molecule has 0 aromatic heterocycles. The van der Waals surface area contributed by atoms with E-state index in [0.29, 0.717) is 25.4 Å². The number of hydrogen-bond donors (Lipinski definition) is 1. The van der Waals surface area contributed by atoms with Gasteiger partial charge < -0.3 is 9.64 Å². The lowest BCUT2D eigenvalue weighted by atomic mass is 10.2. The number of anilines is 1. The minimum Gasteiger partial charge on any atom is -0.377 e. The van der Waals surface area contributed by atoms with Gasteiger partial charge in [0.05, 0.1) is 15.9 Å². The topological polar surface area (TPSA) is 116 Å². The summed E-state index contributed by atoms with van der Waals surface area (Å²) in [6.45, 7) is 3.61. The zero-order valence-electron chi connectivity index (χ0n) is 11.6. The molecule has 0 aliphatic carbocycles. The number of ether oxygens (including phenoxy) is 1. The second kappa shape index (κ2) is 5.96. The third-order valence-electron chi connectivity index (χ3n) is 3.27. The predicted molar refractivity (Wildman–Crippen MR) is 76.7 cm³/mol. The number of rotatable bonds is 3. The average molecular weight is 315 g/mol. The first-order valence-corrected chi connectivity index (χ1v) is 8.01. The van der Waals surface area contributed by atoms with Crippen LogP contribution in [0.1, 0.15) is 13.3 Å². The fourth-order valence-corrected chi connectivity index (χ4v) is 2.84. The van der Waals surface area contributed by atoms with Crippen molar-refractivity contribution >= 4 is 21.4 Å². The number of nitrogens with zero attached hydrogens (tertiary/aromatic N) is 2. The van der Waals surface area contributed by atoms with Crippen molar-refractivity contribution in [3.63, 3.8) is 0 Å². The molecule has 1 heterocycles. The van der Waals surface area contributed by atoms with Crippen LogP contribution in [0.4, 0.5) is 11.4 Å². The summed E-state index contributed by atoms with van der Waals surface area (Å²) in [5, 5.41) is 16.2. The van der Waals surface area contributed by atoms with E-state index < -0.39 is 14.9 Å². The van der Waals surface area contributed by atoms with Gasteiger partial charge in [0.25, 0.3) is 5.69 Å². The molecular formula is C12H17N3O5S. The maximum atomic E-state index is 11.3. The van der Waals surface area contributed by atoms with E-state index in [9.17, 15) is 18.5 Å². The van der Waals surface area contributed by atoms with Crippen molar-refractivity contribution < 1.29 is 18.1 Å². The average Bonchev–Trinajstić information content (AvgIpc) is 2.61. The van der Waals surface area contributed by atoms with Crippen molar-refractivity contribution in [2.75, 3.05) is 24.6 Å². The van der Waals surface area contributed by atoms with Crippen LogP contribution in [0.25, 0.3) is 0 Å². The number of sulfonamides is 1. The number of nitrogens with two attached hydrogens (primary N) is 1. The molecule has 1 fully saturated rings. The molecule has 1 atom stereocenters. The molecule has 21 heavy (non-hydrogen) atoms. The Kier molecular flexibility index (Phi) is 4.45. The van der Waals surface area contributed by atoms with Crippen LogP contribution in [0, 0.1) is 10.1 Å². The number of nitro groups is 1. The molecule has 0 saturated carbocycles. The lowest BCUT2D eigenvalue weighted by Crippen LogP contribution is -2.30. The van der Waals surface area contributed by atoms with Crippen molar-refractivity contribution in [2.45, 2.75) is 24.3 Å². The highest BCUT2D eigenvalue weighted by atomic mass is 32.2. The smallest absolute Gasteiger partial charge is 0.293 e. The van der Waals surface area contributed by atoms with Gasteiger partial charge in [0.2, 0.25) is 10.0 Å². The molecule has 1 aliphatic rings. The molecule has 0 unspecified atom stereocenters. The van der Waals surface area contributed by atoms with Gasteiger partial charge in [-0.1, -0.05) is 0 Å². The van der Waals surface area contributed by atoms with Crippen molar-refractivity contribution in [2.24, 2.45) is 5.14 Å². The van der Waals surface area contributed by atoms with Gasteiger partial charge in [-0.05, 0) is 25.5 Å². The van der Waals surface area contributed by atoms with Crippen molar-refractivity contribution in [1.29, 1.82) is 0 Å². The van der Waals surface area contributed by atoms with Gasteiger partial charge in [-0.25, -0.2) is 13.6 Å². The minimum absolute atomic E-state index is 0.0509. The maximum Gasteiger partial charge on any atom is 0.293 e. The normalized spacial score (nSPS) is 20.1. The Labute approximate surface area is 122 Å². The monoisotopic (exact) mass is 315 g/mol. The van der Waals surface area contributed by atoms with Gasteiger partial charge in [0.1, 0.15) is 5.69 Å². The molecule has 1 aliphatic heterocycles. The molecule has 0 bridgehead atoms. The van der Waals surface area contributed by atoms with Crippen LogP contribution < -0.4 is 10.0 Å². The van der Waals surface area contributed by atoms with Crippen LogP contribution in [0.2, 0.25) is 0 Å². The standard InChI is InChI=1S/C12H17N3O5S/c1-9-8-14(5-2-6-20-9)11-4-3-10(21(13,18)19)7-12(11)15(16)17/h3-4,7,9H,2,5-6,8H2,1H3,(H2,13,18,19)/t9-/m0/s1. The molecule has 116 valence electrons. The first-order valence-electron chi connectivity index (χ1n) is 6.47. The Morgan fingerprint density at radius 3 is 2.81 bits per heavy atom. The third kappa shape index (κ3) is 3.69. The van der Waals surface area contributed by atoms with Gasteiger partial charge in [-0.3, -0.25) is 10.1 Å². The zero-order chi connectivity index (χ0) is 15.6. The van der Waals surface area contributed by atoms with Gasteiger partial charge in [-0.2, -0.15) is 0 Å². The zero-order valence-corrected chi connectivity index (χ0v) is 12.4. The minimum atomic E-state index is -3.97. The van der Waals surface area contributed by atoms with Crippen LogP contribution in [0.5, 0.6) is 0 Å². The molecule has 0 amide bonds. The lowest BCUT2D eigenvalue weighted by molar-refractivity contribution is -0.384. The van der Waals surface area contributed by atoms with Gasteiger partial charge in [-0.15, -0.1) is 0 Å². The van der Waals surface area contributed by atoms with E-state index in [0.717, 1.165) is 12.5 Å². The second-order valence-electron chi connectivity index (χ2n) is 4.93. The summed E-state index contributed by atoms with van der Waals surface area (Å²) in [5.41, 5.74) is 0.111. The van der Waals surface area contributed by atoms with Crippen LogP contribution in [0.15, 0.2) is 23.1 Å². The van der Waals surface area contributed by atoms with E-state index in [1.807, 2.05) is 11.8 Å². The Morgan fingerprint density at radius 2 is 2.19 bits per heavy atom. The SMILES string of the molecule is C[C@H]1CN(c2ccc(S(N)(=O)=O)cc2[N+](=O)[O-])CCCO1. The Bertz CT molecular complexity index is 646. The summed E-state index contributed by atoms with van der Waals surface area (Å²) >= 11 is 0. The van der Waals surface area contributed by atoms with E-state index in [-0.39, 0.29) is 16.7 Å². The van der Waals surface area contributed by atoms with Gasteiger partial charge in [0.15, 0.2) is 0 Å². The highest BCUT2D eigenvalue weighted by molar-refractivity contribution is 7.89. The second-order valence-corrected chi connectivity index (χ2v) is 6.50. The van der Waals surface area contributed by atoms with Crippen LogP contribution in [-0.2, 0) is 14.8 Å². The Balaban J connectivity index is 2.45. The first-order chi connectivity index (χ1) is 9.79. The maximum absolute atomic E-state index is 11.3. The molecule has 0 spiro atoms. The lowest BCUT2D eigenvalue weighted by Gasteiger charge is -2.24. The number of nitro benzene ring substituents is 1. The highest BCUT2D eigenvalue weighted by Crippen LogP contribution is 2.31. The van der Waals surface area contributed by atoms with Crippen molar-refractivity contribution in [3.8, 4) is 0 Å². The Morgan fingerprint density at radius 1 is 1.48 bits per heavy atom. The van der Waals surface area contributed by atoms with E-state index >= 15 is 0 Å². The summed E-state index contributed by atoms with van der Waals surface area (Å²) in [6.07, 6.45) is 0.698. The summed E-state index contributed by atoms with van der Waals surface area (Å²) in [6, 6.07) is 3.71. The van der Waals surface area contributed by atoms with E-state index in [1.54, 1.807) is 0 Å². The fraction of sp³-hybridized carbons (Fsp3) is 0.500. The Hall–Kier alpha value is -1.71. The molecule has 1 aromatic rings. The summed E-state index contributed by atoms with van der Waals surface area (Å²) in [4.78, 5) is 12.2. The predicted octanol–water partition coefficient (Wildman–Crippen LogP) is 0.857. The van der Waals surface area contributed by atoms with E-state index in [2.05, 4.69) is 0 Å². The number of benzene rings is 1. The van der Waals surface area contributed by atoms with Gasteiger partial charge >= 0.3 is 0 Å². The highest BCUT2D eigenvalue weighted by Gasteiger charge is 2.25. The van der Waals surface area contributed by atoms with Gasteiger partial charge in [0, 0.05) is 25.8 Å². The fourth-order valence-electron chi connectivity index (χ4n) is 2.31. The van der Waals surface area contributed by atoms with Crippen LogP contribution in [-0.4, -0.2) is 39.1 Å². The molecule has 1 saturated heterocycles.